The van der Waals surface area contributed by atoms with Crippen molar-refractivity contribution in [3.8, 4) is 0 Å². The molecule has 2 aromatic carbocycles. The summed E-state index contributed by atoms with van der Waals surface area (Å²) in [5.41, 5.74) is 1.44. The molecule has 2 amide bonds. The van der Waals surface area contributed by atoms with Crippen LogP contribution in [0.5, 0.6) is 0 Å². The van der Waals surface area contributed by atoms with Gasteiger partial charge in [0.2, 0.25) is 11.8 Å². The number of benzene rings is 2. The van der Waals surface area contributed by atoms with Crippen molar-refractivity contribution in [2.75, 3.05) is 10.6 Å². The van der Waals surface area contributed by atoms with Crippen LogP contribution in [0.1, 0.15) is 27.7 Å². The maximum Gasteiger partial charge on any atom is 0.226 e. The van der Waals surface area contributed by atoms with Crippen LogP contribution >= 0.6 is 0 Å². The predicted molar refractivity (Wildman–Crippen MR) is 90.9 cm³/mol. The van der Waals surface area contributed by atoms with Gasteiger partial charge in [0.25, 0.3) is 0 Å². The fraction of sp³-hybridized carbons (Fsp3) is 0.333. The van der Waals surface area contributed by atoms with E-state index in [1.165, 1.54) is 0 Å². The molecule has 0 aromatic heterocycles. The maximum absolute atomic E-state index is 12.0. The molecule has 0 fully saturated rings. The Bertz CT molecular complexity index is 649. The van der Waals surface area contributed by atoms with Crippen LogP contribution in [-0.2, 0) is 9.59 Å². The Morgan fingerprint density at radius 3 is 1.55 bits per heavy atom. The number of rotatable bonds is 4. The lowest BCUT2D eigenvalue weighted by Gasteiger charge is -2.15. The van der Waals surface area contributed by atoms with E-state index in [0.29, 0.717) is 0 Å². The van der Waals surface area contributed by atoms with Gasteiger partial charge in [-0.25, -0.2) is 0 Å². The van der Waals surface area contributed by atoms with E-state index in [1.807, 2.05) is 64.1 Å². The summed E-state index contributed by atoms with van der Waals surface area (Å²) in [4.78, 5) is 24.0. The number of hydrogen-bond donors (Lipinski definition) is 2. The van der Waals surface area contributed by atoms with Gasteiger partial charge in [-0.05, 0) is 17.5 Å². The molecule has 4 heteroatoms. The van der Waals surface area contributed by atoms with E-state index in [0.717, 1.165) is 22.1 Å². The van der Waals surface area contributed by atoms with E-state index in [2.05, 4.69) is 10.6 Å². The predicted octanol–water partition coefficient (Wildman–Crippen LogP) is 4.03. The number of amides is 2. The molecule has 2 rings (SSSR count). The van der Waals surface area contributed by atoms with Crippen LogP contribution in [0.15, 0.2) is 36.4 Å². The van der Waals surface area contributed by atoms with E-state index in [1.54, 1.807) is 0 Å². The smallest absolute Gasteiger partial charge is 0.226 e. The van der Waals surface area contributed by atoms with Crippen molar-refractivity contribution in [2.45, 2.75) is 27.7 Å². The van der Waals surface area contributed by atoms with Crippen molar-refractivity contribution in [1.29, 1.82) is 0 Å². The van der Waals surface area contributed by atoms with Crippen molar-refractivity contribution >= 4 is 34.0 Å². The van der Waals surface area contributed by atoms with Crippen LogP contribution in [0.4, 0.5) is 11.4 Å². The fourth-order valence-corrected chi connectivity index (χ4v) is 2.10. The van der Waals surface area contributed by atoms with Crippen LogP contribution in [0.3, 0.4) is 0 Å². The highest BCUT2D eigenvalue weighted by atomic mass is 16.2. The first-order chi connectivity index (χ1) is 10.4. The van der Waals surface area contributed by atoms with Crippen molar-refractivity contribution in [2.24, 2.45) is 11.8 Å². The lowest BCUT2D eigenvalue weighted by molar-refractivity contribution is -0.119. The van der Waals surface area contributed by atoms with E-state index in [9.17, 15) is 9.59 Å². The van der Waals surface area contributed by atoms with Crippen molar-refractivity contribution in [1.82, 2.24) is 0 Å². The molecule has 4 nitrogen and oxygen atoms in total. The highest BCUT2D eigenvalue weighted by Crippen LogP contribution is 2.31. The lowest BCUT2D eigenvalue weighted by atomic mass is 10.1. The molecule has 0 saturated carbocycles. The molecule has 0 aliphatic heterocycles. The molecule has 116 valence electrons. The van der Waals surface area contributed by atoms with Gasteiger partial charge in [0.05, 0.1) is 11.4 Å². The summed E-state index contributed by atoms with van der Waals surface area (Å²) in [6.45, 7) is 7.40. The zero-order valence-electron chi connectivity index (χ0n) is 13.4. The molecule has 0 spiro atoms. The molecule has 0 unspecified atom stereocenters. The summed E-state index contributed by atoms with van der Waals surface area (Å²) in [5, 5.41) is 7.70. The van der Waals surface area contributed by atoms with Gasteiger partial charge in [0.1, 0.15) is 0 Å². The number of hydrogen-bond acceptors (Lipinski definition) is 2. The number of nitrogens with one attached hydrogen (secondary N) is 2. The molecule has 0 atom stereocenters. The molecule has 2 N–H and O–H groups in total. The monoisotopic (exact) mass is 298 g/mol. The fourth-order valence-electron chi connectivity index (χ4n) is 2.10. The van der Waals surface area contributed by atoms with E-state index in [-0.39, 0.29) is 23.7 Å². The molecule has 22 heavy (non-hydrogen) atoms. The van der Waals surface area contributed by atoms with Crippen LogP contribution in [-0.4, -0.2) is 11.8 Å². The summed E-state index contributed by atoms with van der Waals surface area (Å²) in [6.07, 6.45) is 0. The van der Waals surface area contributed by atoms with Gasteiger partial charge in [-0.15, -0.1) is 0 Å². The number of carbonyl (C=O) groups excluding carboxylic acids is 2. The lowest BCUT2D eigenvalue weighted by Crippen LogP contribution is -2.19. The quantitative estimate of drug-likeness (QED) is 0.895. The Morgan fingerprint density at radius 2 is 1.18 bits per heavy atom. The third-order valence-corrected chi connectivity index (χ3v) is 3.47. The van der Waals surface area contributed by atoms with Crippen LogP contribution < -0.4 is 10.6 Å². The summed E-state index contributed by atoms with van der Waals surface area (Å²) in [6, 6.07) is 11.4. The number of fused-ring (bicyclic) bond motifs is 1. The summed E-state index contributed by atoms with van der Waals surface area (Å²) in [5.74, 6) is -0.296. The van der Waals surface area contributed by atoms with E-state index < -0.39 is 0 Å². The zero-order chi connectivity index (χ0) is 16.3. The topological polar surface area (TPSA) is 58.2 Å². The summed E-state index contributed by atoms with van der Waals surface area (Å²) >= 11 is 0. The average molecular weight is 298 g/mol. The van der Waals surface area contributed by atoms with Gasteiger partial charge in [0.15, 0.2) is 0 Å². The van der Waals surface area contributed by atoms with Crippen molar-refractivity contribution in [3.05, 3.63) is 36.4 Å². The van der Waals surface area contributed by atoms with Gasteiger partial charge in [-0.1, -0.05) is 52.0 Å². The van der Waals surface area contributed by atoms with Gasteiger partial charge in [-0.3, -0.25) is 9.59 Å². The minimum absolute atomic E-state index is 0.0440. The molecule has 2 aromatic rings. The normalized spacial score (nSPS) is 11.0. The summed E-state index contributed by atoms with van der Waals surface area (Å²) in [7, 11) is 0. The SMILES string of the molecule is CC(C)C(=O)Nc1cccc2cccc(NC(=O)C(C)C)c12. The minimum Gasteiger partial charge on any atom is -0.325 e. The maximum atomic E-state index is 12.0. The van der Waals surface area contributed by atoms with Gasteiger partial charge < -0.3 is 10.6 Å². The standard InChI is InChI=1S/C18H22N2O2/c1-11(2)17(21)19-14-9-5-7-13-8-6-10-15(16(13)14)20-18(22)12(3)4/h5-12H,1-4H3,(H,19,21)(H,20,22). The second kappa shape index (κ2) is 6.60. The molecule has 0 saturated heterocycles. The van der Waals surface area contributed by atoms with E-state index >= 15 is 0 Å². The Morgan fingerprint density at radius 1 is 0.773 bits per heavy atom. The Kier molecular flexibility index (Phi) is 4.81. The molecule has 0 radical (unpaired) electrons. The van der Waals surface area contributed by atoms with Gasteiger partial charge in [-0.2, -0.15) is 0 Å². The first-order valence-corrected chi connectivity index (χ1v) is 7.53. The Hall–Kier alpha value is -2.36. The first-order valence-electron chi connectivity index (χ1n) is 7.53. The third-order valence-electron chi connectivity index (χ3n) is 3.47. The molecular formula is C18H22N2O2. The molecule has 0 heterocycles. The first kappa shape index (κ1) is 16.0. The zero-order valence-corrected chi connectivity index (χ0v) is 13.4. The highest BCUT2D eigenvalue weighted by Gasteiger charge is 2.14. The molecular weight excluding hydrogens is 276 g/mol. The average Bonchev–Trinajstić information content (AvgIpc) is 2.47. The van der Waals surface area contributed by atoms with Crippen molar-refractivity contribution in [3.63, 3.8) is 0 Å². The Labute approximate surface area is 130 Å². The third kappa shape index (κ3) is 3.45. The number of carbonyl (C=O) groups is 2. The largest absolute Gasteiger partial charge is 0.325 e. The minimum atomic E-state index is -0.104. The van der Waals surface area contributed by atoms with E-state index in [4.69, 9.17) is 0 Å². The molecule has 0 aliphatic rings. The summed E-state index contributed by atoms with van der Waals surface area (Å²) < 4.78 is 0. The second-order valence-electron chi connectivity index (χ2n) is 6.00. The van der Waals surface area contributed by atoms with Gasteiger partial charge in [0, 0.05) is 17.2 Å². The van der Waals surface area contributed by atoms with Gasteiger partial charge >= 0.3 is 0 Å². The number of anilines is 2. The van der Waals surface area contributed by atoms with Crippen LogP contribution in [0.2, 0.25) is 0 Å². The molecule has 0 aliphatic carbocycles. The Balaban J connectivity index is 2.49. The van der Waals surface area contributed by atoms with Crippen LogP contribution in [0.25, 0.3) is 10.8 Å². The highest BCUT2D eigenvalue weighted by molar-refractivity contribution is 6.11. The van der Waals surface area contributed by atoms with Crippen molar-refractivity contribution < 1.29 is 9.59 Å². The second-order valence-corrected chi connectivity index (χ2v) is 6.00. The van der Waals surface area contributed by atoms with Crippen LogP contribution in [0, 0.1) is 11.8 Å². The molecule has 0 bridgehead atoms.